The molecule has 1 aromatic heterocycles. The SMILES string of the molecule is COC(=O)c1cc([N+](=O)[O-])c(N)nn1. The highest BCUT2D eigenvalue weighted by Crippen LogP contribution is 2.17. The molecule has 0 aliphatic carbocycles. The first-order chi connectivity index (χ1) is 6.56. The van der Waals surface area contributed by atoms with Gasteiger partial charge in [-0.3, -0.25) is 10.1 Å². The first-order valence-corrected chi connectivity index (χ1v) is 3.42. The second kappa shape index (κ2) is 3.64. The van der Waals surface area contributed by atoms with E-state index < -0.39 is 16.6 Å². The molecule has 1 rings (SSSR count). The molecule has 1 aromatic rings. The van der Waals surface area contributed by atoms with E-state index in [4.69, 9.17) is 5.73 Å². The number of carbonyl (C=O) groups is 1. The number of hydrogen-bond donors (Lipinski definition) is 1. The maximum Gasteiger partial charge on any atom is 0.358 e. The van der Waals surface area contributed by atoms with Crippen molar-refractivity contribution in [2.45, 2.75) is 0 Å². The monoisotopic (exact) mass is 198 g/mol. The molecule has 0 fully saturated rings. The van der Waals surface area contributed by atoms with Crippen molar-refractivity contribution in [1.29, 1.82) is 0 Å². The summed E-state index contributed by atoms with van der Waals surface area (Å²) in [6.07, 6.45) is 0. The van der Waals surface area contributed by atoms with Gasteiger partial charge in [-0.2, -0.15) is 0 Å². The Morgan fingerprint density at radius 1 is 1.64 bits per heavy atom. The molecule has 0 aliphatic heterocycles. The molecule has 2 N–H and O–H groups in total. The van der Waals surface area contributed by atoms with Gasteiger partial charge in [0.05, 0.1) is 18.1 Å². The summed E-state index contributed by atoms with van der Waals surface area (Å²) in [7, 11) is 1.13. The van der Waals surface area contributed by atoms with E-state index in [2.05, 4.69) is 14.9 Å². The molecule has 0 aliphatic rings. The average molecular weight is 198 g/mol. The maximum absolute atomic E-state index is 10.9. The minimum Gasteiger partial charge on any atom is -0.464 e. The lowest BCUT2D eigenvalue weighted by atomic mass is 10.3. The van der Waals surface area contributed by atoms with Gasteiger partial charge in [0.25, 0.3) is 0 Å². The van der Waals surface area contributed by atoms with E-state index in [1.807, 2.05) is 0 Å². The number of nitrogen functional groups attached to an aromatic ring is 1. The third-order valence-electron chi connectivity index (χ3n) is 1.39. The van der Waals surface area contributed by atoms with Crippen LogP contribution >= 0.6 is 0 Å². The van der Waals surface area contributed by atoms with Gasteiger partial charge in [0.2, 0.25) is 5.82 Å². The average Bonchev–Trinajstić information content (AvgIpc) is 2.17. The highest BCUT2D eigenvalue weighted by atomic mass is 16.6. The number of anilines is 1. The number of rotatable bonds is 2. The van der Waals surface area contributed by atoms with Crippen LogP contribution < -0.4 is 5.73 Å². The number of esters is 1. The van der Waals surface area contributed by atoms with Crippen LogP contribution in [0.15, 0.2) is 6.07 Å². The van der Waals surface area contributed by atoms with E-state index in [1.54, 1.807) is 0 Å². The van der Waals surface area contributed by atoms with Gasteiger partial charge in [0.15, 0.2) is 5.69 Å². The highest BCUT2D eigenvalue weighted by Gasteiger charge is 2.18. The normalized spacial score (nSPS) is 9.50. The number of aromatic nitrogens is 2. The molecule has 0 radical (unpaired) electrons. The summed E-state index contributed by atoms with van der Waals surface area (Å²) in [6.45, 7) is 0. The number of nitrogens with two attached hydrogens (primary N) is 1. The second-order valence-electron chi connectivity index (χ2n) is 2.25. The molecule has 14 heavy (non-hydrogen) atoms. The molecular formula is C6H6N4O4. The van der Waals surface area contributed by atoms with Gasteiger partial charge in [-0.25, -0.2) is 4.79 Å². The molecular weight excluding hydrogens is 192 g/mol. The summed E-state index contributed by atoms with van der Waals surface area (Å²) in [5, 5.41) is 17.0. The number of hydrogen-bond acceptors (Lipinski definition) is 7. The highest BCUT2D eigenvalue weighted by molar-refractivity contribution is 5.88. The molecule has 8 heteroatoms. The van der Waals surface area contributed by atoms with Crippen LogP contribution in [0.1, 0.15) is 10.5 Å². The van der Waals surface area contributed by atoms with Gasteiger partial charge in [-0.05, 0) is 0 Å². The molecule has 74 valence electrons. The predicted octanol–water partition coefficient (Wildman–Crippen LogP) is -0.246. The zero-order chi connectivity index (χ0) is 10.7. The molecule has 0 saturated heterocycles. The first-order valence-electron chi connectivity index (χ1n) is 3.42. The Labute approximate surface area is 77.8 Å². The minimum atomic E-state index is -0.805. The largest absolute Gasteiger partial charge is 0.464 e. The molecule has 8 nitrogen and oxygen atoms in total. The summed E-state index contributed by atoms with van der Waals surface area (Å²) in [4.78, 5) is 20.5. The Morgan fingerprint density at radius 2 is 2.29 bits per heavy atom. The fraction of sp³-hybridized carbons (Fsp3) is 0.167. The minimum absolute atomic E-state index is 0.256. The van der Waals surface area contributed by atoms with Crippen molar-refractivity contribution in [2.24, 2.45) is 0 Å². The predicted molar refractivity (Wildman–Crippen MR) is 44.4 cm³/mol. The summed E-state index contributed by atoms with van der Waals surface area (Å²) in [5.41, 5.74) is 4.44. The quantitative estimate of drug-likeness (QED) is 0.395. The van der Waals surface area contributed by atoms with Crippen LogP contribution in [0.2, 0.25) is 0 Å². The Kier molecular flexibility index (Phi) is 2.56. The van der Waals surface area contributed by atoms with Crippen LogP contribution in [0.4, 0.5) is 11.5 Å². The van der Waals surface area contributed by atoms with E-state index in [-0.39, 0.29) is 11.5 Å². The molecule has 0 unspecified atom stereocenters. The van der Waals surface area contributed by atoms with Crippen molar-refractivity contribution in [3.63, 3.8) is 0 Å². The van der Waals surface area contributed by atoms with Gasteiger partial charge in [-0.15, -0.1) is 10.2 Å². The fourth-order valence-electron chi connectivity index (χ4n) is 0.742. The summed E-state index contributed by atoms with van der Waals surface area (Å²) in [6, 6.07) is 0.911. The topological polar surface area (TPSA) is 121 Å². The smallest absolute Gasteiger partial charge is 0.358 e. The van der Waals surface area contributed by atoms with Crippen molar-refractivity contribution < 1.29 is 14.5 Å². The standard InChI is InChI=1S/C6H6N4O4/c1-14-6(11)3-2-4(10(12)13)5(7)9-8-3/h2H,1H3,(H2,7,9). The molecule has 0 bridgehead atoms. The molecule has 0 saturated carbocycles. The number of ether oxygens (including phenoxy) is 1. The van der Waals surface area contributed by atoms with Crippen molar-refractivity contribution in [3.8, 4) is 0 Å². The van der Waals surface area contributed by atoms with E-state index in [0.29, 0.717) is 0 Å². The molecule has 1 heterocycles. The zero-order valence-electron chi connectivity index (χ0n) is 7.13. The van der Waals surface area contributed by atoms with E-state index in [9.17, 15) is 14.9 Å². The first kappa shape index (κ1) is 9.84. The lowest BCUT2D eigenvalue weighted by molar-refractivity contribution is -0.384. The third kappa shape index (κ3) is 1.73. The molecule has 0 atom stereocenters. The Bertz CT molecular complexity index is 391. The van der Waals surface area contributed by atoms with Crippen LogP contribution in [-0.2, 0) is 4.74 Å². The number of carbonyl (C=O) groups excluding carboxylic acids is 1. The summed E-state index contributed by atoms with van der Waals surface area (Å²) in [5.74, 6) is -1.15. The lowest BCUT2D eigenvalue weighted by Gasteiger charge is -1.98. The maximum atomic E-state index is 10.9. The van der Waals surface area contributed by atoms with E-state index >= 15 is 0 Å². The summed E-state index contributed by atoms with van der Waals surface area (Å²) < 4.78 is 4.31. The zero-order valence-corrected chi connectivity index (χ0v) is 7.13. The van der Waals surface area contributed by atoms with Crippen LogP contribution in [0, 0.1) is 10.1 Å². The number of nitro groups is 1. The third-order valence-corrected chi connectivity index (χ3v) is 1.39. The van der Waals surface area contributed by atoms with Gasteiger partial charge in [0.1, 0.15) is 0 Å². The van der Waals surface area contributed by atoms with E-state index in [0.717, 1.165) is 13.2 Å². The van der Waals surface area contributed by atoms with Crippen LogP contribution in [0.3, 0.4) is 0 Å². The van der Waals surface area contributed by atoms with Gasteiger partial charge < -0.3 is 10.5 Å². The van der Waals surface area contributed by atoms with Crippen molar-refractivity contribution in [1.82, 2.24) is 10.2 Å². The van der Waals surface area contributed by atoms with Crippen molar-refractivity contribution in [2.75, 3.05) is 12.8 Å². The van der Waals surface area contributed by atoms with E-state index in [1.165, 1.54) is 0 Å². The number of methoxy groups -OCH3 is 1. The molecule has 0 amide bonds. The van der Waals surface area contributed by atoms with Gasteiger partial charge >= 0.3 is 11.7 Å². The molecule has 0 aromatic carbocycles. The second-order valence-corrected chi connectivity index (χ2v) is 2.25. The van der Waals surface area contributed by atoms with Gasteiger partial charge in [0, 0.05) is 0 Å². The Hall–Kier alpha value is -2.25. The Balaban J connectivity index is 3.19. The van der Waals surface area contributed by atoms with Crippen LogP contribution in [0.25, 0.3) is 0 Å². The lowest BCUT2D eigenvalue weighted by Crippen LogP contribution is -2.09. The number of nitrogens with zero attached hydrogens (tertiary/aromatic N) is 3. The fourth-order valence-corrected chi connectivity index (χ4v) is 0.742. The van der Waals surface area contributed by atoms with Gasteiger partial charge in [-0.1, -0.05) is 0 Å². The summed E-state index contributed by atoms with van der Waals surface area (Å²) >= 11 is 0. The Morgan fingerprint density at radius 3 is 2.79 bits per heavy atom. The van der Waals surface area contributed by atoms with Crippen LogP contribution in [-0.4, -0.2) is 28.2 Å². The van der Waals surface area contributed by atoms with Crippen LogP contribution in [0.5, 0.6) is 0 Å². The van der Waals surface area contributed by atoms with Crippen molar-refractivity contribution in [3.05, 3.63) is 21.9 Å². The van der Waals surface area contributed by atoms with Crippen molar-refractivity contribution >= 4 is 17.5 Å². The molecule has 0 spiro atoms.